The van der Waals surface area contributed by atoms with E-state index in [1.165, 1.54) is 51.6 Å². The number of piperidine rings is 2. The molecular weight excluding hydrogens is 318 g/mol. The van der Waals surface area contributed by atoms with Gasteiger partial charge < -0.3 is 14.4 Å². The van der Waals surface area contributed by atoms with Gasteiger partial charge >= 0.3 is 11.9 Å². The van der Waals surface area contributed by atoms with Gasteiger partial charge in [-0.3, -0.25) is 9.59 Å². The van der Waals surface area contributed by atoms with Gasteiger partial charge in [0.2, 0.25) is 0 Å². The lowest BCUT2D eigenvalue weighted by molar-refractivity contribution is -0.940. The summed E-state index contributed by atoms with van der Waals surface area (Å²) in [6, 6.07) is 0.667. The number of hydrogen-bond donors (Lipinski definition) is 1. The Morgan fingerprint density at radius 2 is 1.88 bits per heavy atom. The molecule has 4 rings (SSSR count). The molecule has 3 aliphatic heterocycles. The second-order valence-electron chi connectivity index (χ2n) is 8.65. The van der Waals surface area contributed by atoms with Crippen molar-refractivity contribution in [2.45, 2.75) is 82.3 Å². The van der Waals surface area contributed by atoms with Crippen LogP contribution in [-0.2, 0) is 19.1 Å². The van der Waals surface area contributed by atoms with E-state index >= 15 is 0 Å². The number of carbonyl (C=O) groups excluding carboxylic acids is 2. The van der Waals surface area contributed by atoms with Crippen LogP contribution < -0.4 is 4.90 Å². The van der Waals surface area contributed by atoms with Crippen LogP contribution in [0.25, 0.3) is 0 Å². The molecule has 3 saturated heterocycles. The molecule has 1 spiro atoms. The SMILES string of the molecule is O=C1C[C@H](C(=O)OC[C@@H]2CCC[NH+]3CCCC[C@H]23)C2(CCCCC2)O1. The first-order valence-corrected chi connectivity index (χ1v) is 10.4. The van der Waals surface area contributed by atoms with Gasteiger partial charge in [0.15, 0.2) is 0 Å². The predicted octanol–water partition coefficient (Wildman–Crippen LogP) is 1.64. The first kappa shape index (κ1) is 17.3. The molecule has 5 nitrogen and oxygen atoms in total. The molecule has 1 aliphatic carbocycles. The van der Waals surface area contributed by atoms with Gasteiger partial charge in [0, 0.05) is 5.92 Å². The van der Waals surface area contributed by atoms with Gasteiger partial charge in [0.1, 0.15) is 11.5 Å². The minimum Gasteiger partial charge on any atom is -0.465 e. The van der Waals surface area contributed by atoms with Crippen molar-refractivity contribution in [1.82, 2.24) is 0 Å². The van der Waals surface area contributed by atoms with E-state index < -0.39 is 5.60 Å². The summed E-state index contributed by atoms with van der Waals surface area (Å²) in [5.41, 5.74) is -0.554. The lowest BCUT2D eigenvalue weighted by Gasteiger charge is -2.41. The third-order valence-corrected chi connectivity index (χ3v) is 7.18. The molecule has 25 heavy (non-hydrogen) atoms. The molecule has 5 heteroatoms. The number of nitrogens with one attached hydrogen (secondary N) is 1. The lowest BCUT2D eigenvalue weighted by atomic mass is 9.76. The van der Waals surface area contributed by atoms with E-state index in [-0.39, 0.29) is 24.3 Å². The molecule has 3 heterocycles. The average molecular weight is 350 g/mol. The van der Waals surface area contributed by atoms with E-state index in [1.54, 1.807) is 4.90 Å². The highest BCUT2D eigenvalue weighted by Crippen LogP contribution is 2.44. The van der Waals surface area contributed by atoms with Crippen molar-refractivity contribution in [2.75, 3.05) is 19.7 Å². The molecule has 0 aromatic heterocycles. The summed E-state index contributed by atoms with van der Waals surface area (Å²) < 4.78 is 11.5. The third kappa shape index (κ3) is 3.44. The average Bonchev–Trinajstić information content (AvgIpc) is 2.95. The molecule has 0 radical (unpaired) electrons. The summed E-state index contributed by atoms with van der Waals surface area (Å²) in [5.74, 6) is -0.285. The van der Waals surface area contributed by atoms with Crippen LogP contribution in [0.5, 0.6) is 0 Å². The summed E-state index contributed by atoms with van der Waals surface area (Å²) in [6.07, 6.45) is 11.4. The van der Waals surface area contributed by atoms with Crippen molar-refractivity contribution < 1.29 is 24.0 Å². The molecule has 1 saturated carbocycles. The van der Waals surface area contributed by atoms with Gasteiger partial charge in [-0.05, 0) is 57.8 Å². The number of ether oxygens (including phenoxy) is 2. The van der Waals surface area contributed by atoms with Gasteiger partial charge in [-0.1, -0.05) is 6.42 Å². The maximum Gasteiger partial charge on any atom is 0.313 e. The van der Waals surface area contributed by atoms with E-state index in [4.69, 9.17) is 9.47 Å². The van der Waals surface area contributed by atoms with Crippen LogP contribution in [0.2, 0.25) is 0 Å². The zero-order valence-corrected chi connectivity index (χ0v) is 15.3. The molecule has 1 unspecified atom stereocenters. The summed E-state index contributed by atoms with van der Waals surface area (Å²) in [5, 5.41) is 0. The van der Waals surface area contributed by atoms with Crippen LogP contribution in [-0.4, -0.2) is 43.3 Å². The quantitative estimate of drug-likeness (QED) is 0.786. The molecule has 4 aliphatic rings. The summed E-state index contributed by atoms with van der Waals surface area (Å²) in [4.78, 5) is 26.4. The van der Waals surface area contributed by atoms with Crippen LogP contribution in [0.15, 0.2) is 0 Å². The van der Waals surface area contributed by atoms with Gasteiger partial charge in [-0.25, -0.2) is 0 Å². The Morgan fingerprint density at radius 1 is 1.08 bits per heavy atom. The largest absolute Gasteiger partial charge is 0.465 e. The van der Waals surface area contributed by atoms with Crippen molar-refractivity contribution in [3.63, 3.8) is 0 Å². The summed E-state index contributed by atoms with van der Waals surface area (Å²) >= 11 is 0. The topological polar surface area (TPSA) is 57.0 Å². The Balaban J connectivity index is 1.37. The highest BCUT2D eigenvalue weighted by molar-refractivity contribution is 5.84. The Hall–Kier alpha value is -1.10. The van der Waals surface area contributed by atoms with Gasteiger partial charge in [0.05, 0.1) is 32.2 Å². The standard InChI is InChI=1S/C20H31NO4/c22-18-13-16(20(25-18)9-3-1-4-10-20)19(23)24-14-15-7-6-12-21-11-5-2-8-17(15)21/h15-17H,1-14H2/p+1/t15-,16+,17+/m0/s1. The van der Waals surface area contributed by atoms with Crippen LogP contribution in [0, 0.1) is 11.8 Å². The second-order valence-corrected chi connectivity index (χ2v) is 8.65. The number of quaternary nitrogens is 1. The van der Waals surface area contributed by atoms with Gasteiger partial charge in [-0.15, -0.1) is 0 Å². The van der Waals surface area contributed by atoms with E-state index in [1.807, 2.05) is 0 Å². The number of esters is 2. The summed E-state index contributed by atoms with van der Waals surface area (Å²) in [7, 11) is 0. The molecule has 1 N–H and O–H groups in total. The Labute approximate surface area is 150 Å². The summed E-state index contributed by atoms with van der Waals surface area (Å²) in [6.45, 7) is 3.10. The fourth-order valence-electron chi connectivity index (χ4n) is 5.86. The molecule has 0 bridgehead atoms. The molecule has 0 amide bonds. The lowest BCUT2D eigenvalue weighted by Crippen LogP contribution is -3.18. The molecule has 0 aromatic rings. The zero-order valence-electron chi connectivity index (χ0n) is 15.3. The fourth-order valence-corrected chi connectivity index (χ4v) is 5.86. The fraction of sp³-hybridized carbons (Fsp3) is 0.900. The normalized spacial score (nSPS) is 37.4. The van der Waals surface area contributed by atoms with Crippen molar-refractivity contribution in [1.29, 1.82) is 0 Å². The van der Waals surface area contributed by atoms with E-state index in [2.05, 4.69) is 0 Å². The van der Waals surface area contributed by atoms with Crippen LogP contribution >= 0.6 is 0 Å². The minimum atomic E-state index is -0.554. The van der Waals surface area contributed by atoms with Crippen molar-refractivity contribution >= 4 is 11.9 Å². The van der Waals surface area contributed by atoms with E-state index in [9.17, 15) is 9.59 Å². The Bertz CT molecular complexity index is 512. The third-order valence-electron chi connectivity index (χ3n) is 7.18. The molecule has 0 aromatic carbocycles. The second kappa shape index (κ2) is 7.26. The smallest absolute Gasteiger partial charge is 0.313 e. The van der Waals surface area contributed by atoms with Crippen molar-refractivity contribution in [3.05, 3.63) is 0 Å². The molecule has 4 fully saturated rings. The van der Waals surface area contributed by atoms with Crippen LogP contribution in [0.3, 0.4) is 0 Å². The Kier molecular flexibility index (Phi) is 5.03. The maximum atomic E-state index is 12.8. The Morgan fingerprint density at radius 3 is 2.72 bits per heavy atom. The molecular formula is C20H32NO4+. The van der Waals surface area contributed by atoms with Gasteiger partial charge in [-0.2, -0.15) is 0 Å². The van der Waals surface area contributed by atoms with E-state index in [0.29, 0.717) is 18.6 Å². The number of hydrogen-bond acceptors (Lipinski definition) is 4. The molecule has 140 valence electrons. The zero-order chi connectivity index (χ0) is 17.3. The predicted molar refractivity (Wildman–Crippen MR) is 92.0 cm³/mol. The first-order valence-electron chi connectivity index (χ1n) is 10.4. The number of fused-ring (bicyclic) bond motifs is 1. The number of carbonyl (C=O) groups is 2. The minimum absolute atomic E-state index is 0.185. The first-order chi connectivity index (χ1) is 12.2. The van der Waals surface area contributed by atoms with Crippen LogP contribution in [0.1, 0.15) is 70.6 Å². The van der Waals surface area contributed by atoms with Crippen molar-refractivity contribution in [3.8, 4) is 0 Å². The highest BCUT2D eigenvalue weighted by Gasteiger charge is 2.54. The number of rotatable bonds is 3. The van der Waals surface area contributed by atoms with Crippen molar-refractivity contribution in [2.24, 2.45) is 11.8 Å². The molecule has 4 atom stereocenters. The van der Waals surface area contributed by atoms with Crippen LogP contribution in [0.4, 0.5) is 0 Å². The van der Waals surface area contributed by atoms with E-state index in [0.717, 1.165) is 25.7 Å². The van der Waals surface area contributed by atoms with Gasteiger partial charge in [0.25, 0.3) is 0 Å². The highest BCUT2D eigenvalue weighted by atomic mass is 16.6. The monoisotopic (exact) mass is 350 g/mol. The maximum absolute atomic E-state index is 12.8.